The lowest BCUT2D eigenvalue weighted by Crippen LogP contribution is -2.25. The zero-order valence-electron chi connectivity index (χ0n) is 12.2. The zero-order chi connectivity index (χ0) is 14.5. The van der Waals surface area contributed by atoms with Gasteiger partial charge >= 0.3 is 0 Å². The summed E-state index contributed by atoms with van der Waals surface area (Å²) in [6.07, 6.45) is 0. The van der Waals surface area contributed by atoms with E-state index in [2.05, 4.69) is 49.6 Å². The average molecular weight is 289 g/mol. The molecule has 2 rings (SSSR count). The van der Waals surface area contributed by atoms with E-state index in [1.54, 1.807) is 0 Å². The maximum Gasteiger partial charge on any atom is 0.0407 e. The van der Waals surface area contributed by atoms with Crippen molar-refractivity contribution in [1.82, 2.24) is 0 Å². The highest BCUT2D eigenvalue weighted by atomic mass is 35.5. The smallest absolute Gasteiger partial charge is 0.0407 e. The van der Waals surface area contributed by atoms with Crippen LogP contribution in [0.4, 0.5) is 11.4 Å². The van der Waals surface area contributed by atoms with E-state index in [4.69, 9.17) is 11.6 Å². The molecule has 0 aliphatic heterocycles. The number of nitrogens with one attached hydrogen (secondary N) is 2. The van der Waals surface area contributed by atoms with Gasteiger partial charge in [-0.1, -0.05) is 29.8 Å². The monoisotopic (exact) mass is 288 g/mol. The number of hydrogen-bond donors (Lipinski definition) is 2. The van der Waals surface area contributed by atoms with Crippen molar-refractivity contribution < 1.29 is 0 Å². The summed E-state index contributed by atoms with van der Waals surface area (Å²) < 4.78 is 0. The summed E-state index contributed by atoms with van der Waals surface area (Å²) in [7, 11) is 0. The van der Waals surface area contributed by atoms with Gasteiger partial charge in [0.2, 0.25) is 0 Å². The second kappa shape index (κ2) is 6.67. The van der Waals surface area contributed by atoms with E-state index in [1.807, 2.05) is 24.3 Å². The molecule has 0 spiro atoms. The van der Waals surface area contributed by atoms with Crippen LogP contribution in [0.1, 0.15) is 18.1 Å². The third-order valence-electron chi connectivity index (χ3n) is 3.32. The van der Waals surface area contributed by atoms with E-state index >= 15 is 0 Å². The van der Waals surface area contributed by atoms with Crippen LogP contribution in [-0.4, -0.2) is 12.6 Å². The van der Waals surface area contributed by atoms with Crippen LogP contribution < -0.4 is 10.6 Å². The van der Waals surface area contributed by atoms with Crippen LogP contribution in [0.25, 0.3) is 0 Å². The number of anilines is 2. The van der Waals surface area contributed by atoms with E-state index in [0.717, 1.165) is 17.3 Å². The van der Waals surface area contributed by atoms with Crippen LogP contribution >= 0.6 is 11.6 Å². The Morgan fingerprint density at radius 2 is 1.60 bits per heavy atom. The molecule has 20 heavy (non-hydrogen) atoms. The standard InChI is InChI=1S/C17H21ClN2/c1-12-5-4-6-13(2)17(12)19-11-14(3)20-16-9-7-15(18)8-10-16/h4-10,14,19-20H,11H2,1-3H3. The van der Waals surface area contributed by atoms with Gasteiger partial charge in [0.05, 0.1) is 0 Å². The van der Waals surface area contributed by atoms with Crippen molar-refractivity contribution in [3.8, 4) is 0 Å². The molecule has 0 saturated carbocycles. The first-order valence-electron chi connectivity index (χ1n) is 6.88. The summed E-state index contributed by atoms with van der Waals surface area (Å²) >= 11 is 5.88. The molecular formula is C17H21ClN2. The Balaban J connectivity index is 1.92. The van der Waals surface area contributed by atoms with Crippen LogP contribution in [0, 0.1) is 13.8 Å². The Labute approximate surface area is 126 Å². The van der Waals surface area contributed by atoms with Crippen LogP contribution in [0.3, 0.4) is 0 Å². The van der Waals surface area contributed by atoms with Gasteiger partial charge in [-0.2, -0.15) is 0 Å². The Bertz CT molecular complexity index is 543. The van der Waals surface area contributed by atoms with Gasteiger partial charge in [-0.25, -0.2) is 0 Å². The maximum atomic E-state index is 5.88. The number of halogens is 1. The lowest BCUT2D eigenvalue weighted by molar-refractivity contribution is 0.834. The molecule has 0 saturated heterocycles. The van der Waals surface area contributed by atoms with Crippen LogP contribution in [0.15, 0.2) is 42.5 Å². The molecule has 2 N–H and O–H groups in total. The molecule has 0 heterocycles. The molecule has 0 aliphatic carbocycles. The summed E-state index contributed by atoms with van der Waals surface area (Å²) in [6.45, 7) is 7.29. The van der Waals surface area contributed by atoms with Crippen molar-refractivity contribution >= 4 is 23.0 Å². The molecular weight excluding hydrogens is 268 g/mol. The maximum absolute atomic E-state index is 5.88. The SMILES string of the molecule is Cc1cccc(C)c1NCC(C)Nc1ccc(Cl)cc1. The molecule has 2 nitrogen and oxygen atoms in total. The fourth-order valence-corrected chi connectivity index (χ4v) is 2.36. The van der Waals surface area contributed by atoms with Crippen molar-refractivity contribution in [1.29, 1.82) is 0 Å². The van der Waals surface area contributed by atoms with E-state index in [9.17, 15) is 0 Å². The highest BCUT2D eigenvalue weighted by Gasteiger charge is 2.05. The number of para-hydroxylation sites is 1. The molecule has 1 unspecified atom stereocenters. The predicted molar refractivity (Wildman–Crippen MR) is 88.9 cm³/mol. The Morgan fingerprint density at radius 3 is 2.20 bits per heavy atom. The third-order valence-corrected chi connectivity index (χ3v) is 3.58. The molecule has 106 valence electrons. The molecule has 0 aliphatic rings. The fourth-order valence-electron chi connectivity index (χ4n) is 2.23. The van der Waals surface area contributed by atoms with Crippen molar-refractivity contribution in [3.05, 3.63) is 58.6 Å². The first-order valence-corrected chi connectivity index (χ1v) is 7.26. The second-order valence-corrected chi connectivity index (χ2v) is 5.64. The quantitative estimate of drug-likeness (QED) is 0.820. The highest BCUT2D eigenvalue weighted by molar-refractivity contribution is 6.30. The van der Waals surface area contributed by atoms with E-state index < -0.39 is 0 Å². The van der Waals surface area contributed by atoms with E-state index in [1.165, 1.54) is 16.8 Å². The predicted octanol–water partition coefficient (Wildman–Crippen LogP) is 4.87. The number of hydrogen-bond acceptors (Lipinski definition) is 2. The van der Waals surface area contributed by atoms with Crippen LogP contribution in [0.5, 0.6) is 0 Å². The molecule has 1 atom stereocenters. The van der Waals surface area contributed by atoms with Crippen LogP contribution in [0.2, 0.25) is 5.02 Å². The largest absolute Gasteiger partial charge is 0.383 e. The average Bonchev–Trinajstić information content (AvgIpc) is 2.41. The molecule has 0 aromatic heterocycles. The number of benzene rings is 2. The molecule has 2 aromatic rings. The zero-order valence-corrected chi connectivity index (χ0v) is 13.0. The minimum Gasteiger partial charge on any atom is -0.383 e. The minimum atomic E-state index is 0.329. The molecule has 0 radical (unpaired) electrons. The van der Waals surface area contributed by atoms with Crippen molar-refractivity contribution in [3.63, 3.8) is 0 Å². The summed E-state index contributed by atoms with van der Waals surface area (Å²) in [5.74, 6) is 0. The van der Waals surface area contributed by atoms with E-state index in [-0.39, 0.29) is 0 Å². The van der Waals surface area contributed by atoms with Gasteiger partial charge in [0.1, 0.15) is 0 Å². The number of aryl methyl sites for hydroxylation is 2. The molecule has 0 bridgehead atoms. The highest BCUT2D eigenvalue weighted by Crippen LogP contribution is 2.19. The summed E-state index contributed by atoms with van der Waals surface area (Å²) in [5, 5.41) is 7.74. The lowest BCUT2D eigenvalue weighted by Gasteiger charge is -2.19. The first kappa shape index (κ1) is 14.7. The Kier molecular flexibility index (Phi) is 4.91. The van der Waals surface area contributed by atoms with Gasteiger partial charge in [-0.05, 0) is 56.2 Å². The van der Waals surface area contributed by atoms with Gasteiger partial charge in [-0.15, -0.1) is 0 Å². The molecule has 3 heteroatoms. The van der Waals surface area contributed by atoms with Crippen LogP contribution in [-0.2, 0) is 0 Å². The topological polar surface area (TPSA) is 24.1 Å². The second-order valence-electron chi connectivity index (χ2n) is 5.20. The van der Waals surface area contributed by atoms with Gasteiger partial charge in [0.25, 0.3) is 0 Å². The Hall–Kier alpha value is -1.67. The summed E-state index contributed by atoms with van der Waals surface area (Å²) in [6, 6.07) is 14.5. The minimum absolute atomic E-state index is 0.329. The van der Waals surface area contributed by atoms with Crippen molar-refractivity contribution in [2.75, 3.05) is 17.2 Å². The van der Waals surface area contributed by atoms with Crippen molar-refractivity contribution in [2.45, 2.75) is 26.8 Å². The van der Waals surface area contributed by atoms with Gasteiger partial charge < -0.3 is 10.6 Å². The molecule has 0 amide bonds. The molecule has 0 fully saturated rings. The van der Waals surface area contributed by atoms with Gasteiger partial charge in [0, 0.05) is 29.0 Å². The molecule has 2 aromatic carbocycles. The lowest BCUT2D eigenvalue weighted by atomic mass is 10.1. The van der Waals surface area contributed by atoms with Gasteiger partial charge in [-0.3, -0.25) is 0 Å². The third kappa shape index (κ3) is 3.91. The first-order chi connectivity index (χ1) is 9.56. The Morgan fingerprint density at radius 1 is 1.00 bits per heavy atom. The van der Waals surface area contributed by atoms with Crippen molar-refractivity contribution in [2.24, 2.45) is 0 Å². The fraction of sp³-hybridized carbons (Fsp3) is 0.294. The number of rotatable bonds is 5. The van der Waals surface area contributed by atoms with E-state index in [0.29, 0.717) is 6.04 Å². The van der Waals surface area contributed by atoms with Gasteiger partial charge in [0.15, 0.2) is 0 Å². The normalized spacial score (nSPS) is 12.0. The summed E-state index contributed by atoms with van der Waals surface area (Å²) in [4.78, 5) is 0. The summed E-state index contributed by atoms with van der Waals surface area (Å²) in [5.41, 5.74) is 4.88.